The van der Waals surface area contributed by atoms with Gasteiger partial charge >= 0.3 is 9.24 Å². The lowest BCUT2D eigenvalue weighted by atomic mass is 10.1. The number of nitrogens with zero attached hydrogens (tertiary/aromatic N) is 2. The first kappa shape index (κ1) is 15.2. The first-order chi connectivity index (χ1) is 9.25. The Kier molecular flexibility index (Phi) is 4.04. The van der Waals surface area contributed by atoms with E-state index < -0.39 is 19.0 Å². The summed E-state index contributed by atoms with van der Waals surface area (Å²) in [7, 11) is -2.31. The minimum absolute atomic E-state index is 0.0176. The summed E-state index contributed by atoms with van der Waals surface area (Å²) in [5.74, 6) is 0.0176. The number of hydrogen-bond acceptors (Lipinski definition) is 4. The Morgan fingerprint density at radius 3 is 2.50 bits per heavy atom. The molecule has 8 heteroatoms. The monoisotopic (exact) mass is 332 g/mol. The smallest absolute Gasteiger partial charge is 0.242 e. The van der Waals surface area contributed by atoms with E-state index in [0.29, 0.717) is 5.52 Å². The summed E-state index contributed by atoms with van der Waals surface area (Å²) in [5, 5.41) is 1.06. The summed E-state index contributed by atoms with van der Waals surface area (Å²) in [5.41, 5.74) is 1.50. The standard InChI is InChI=1S/C12H13ClN2O3S2/c1-3-19(16,15-20(13,17)18)12-8-9(2)10-6-4-5-7-11(10)14-12/h4-8H,3H2,1-2H3. The van der Waals surface area contributed by atoms with Crippen LogP contribution in [0, 0.1) is 6.92 Å². The predicted molar refractivity (Wildman–Crippen MR) is 80.6 cm³/mol. The van der Waals surface area contributed by atoms with Crippen LogP contribution in [0.15, 0.2) is 39.1 Å². The lowest BCUT2D eigenvalue weighted by Crippen LogP contribution is -2.08. The van der Waals surface area contributed by atoms with Gasteiger partial charge in [0.1, 0.15) is 14.8 Å². The molecule has 20 heavy (non-hydrogen) atoms. The predicted octanol–water partition coefficient (Wildman–Crippen LogP) is 2.87. The number of halogens is 1. The quantitative estimate of drug-likeness (QED) is 0.810. The Morgan fingerprint density at radius 2 is 1.90 bits per heavy atom. The molecule has 0 radical (unpaired) electrons. The highest BCUT2D eigenvalue weighted by atomic mass is 35.7. The summed E-state index contributed by atoms with van der Waals surface area (Å²) in [6.45, 7) is 3.43. The van der Waals surface area contributed by atoms with Crippen LogP contribution in [0.25, 0.3) is 10.9 Å². The fraction of sp³-hybridized carbons (Fsp3) is 0.250. The maximum Gasteiger partial charge on any atom is 0.347 e. The molecule has 1 heterocycles. The van der Waals surface area contributed by atoms with Crippen LogP contribution in [-0.4, -0.2) is 23.4 Å². The molecule has 0 amide bonds. The molecule has 1 atom stereocenters. The molecule has 108 valence electrons. The summed E-state index contributed by atoms with van der Waals surface area (Å²) in [6.07, 6.45) is 0. The maximum atomic E-state index is 12.7. The molecule has 0 N–H and O–H groups in total. The van der Waals surface area contributed by atoms with Gasteiger partial charge in [0.25, 0.3) is 0 Å². The Bertz CT molecular complexity index is 885. The first-order valence-electron chi connectivity index (χ1n) is 5.82. The van der Waals surface area contributed by atoms with Crippen LogP contribution in [-0.2, 0) is 19.0 Å². The zero-order valence-corrected chi connectivity index (χ0v) is 13.3. The van der Waals surface area contributed by atoms with E-state index in [0.717, 1.165) is 10.9 Å². The van der Waals surface area contributed by atoms with E-state index in [4.69, 9.17) is 10.7 Å². The van der Waals surface area contributed by atoms with Crippen LogP contribution in [0.4, 0.5) is 0 Å². The number of pyridine rings is 1. The number of para-hydroxylation sites is 1. The molecule has 0 aliphatic carbocycles. The van der Waals surface area contributed by atoms with E-state index in [1.165, 1.54) is 0 Å². The van der Waals surface area contributed by atoms with Gasteiger partial charge in [-0.2, -0.15) is 8.42 Å². The van der Waals surface area contributed by atoms with E-state index >= 15 is 0 Å². The minimum atomic E-state index is -4.23. The van der Waals surface area contributed by atoms with Gasteiger partial charge in [-0.3, -0.25) is 0 Å². The minimum Gasteiger partial charge on any atom is -0.242 e. The van der Waals surface area contributed by atoms with Crippen molar-refractivity contribution in [2.24, 2.45) is 3.77 Å². The highest BCUT2D eigenvalue weighted by Gasteiger charge is 2.18. The highest BCUT2D eigenvalue weighted by Crippen LogP contribution is 2.22. The van der Waals surface area contributed by atoms with Crippen molar-refractivity contribution in [3.05, 3.63) is 35.9 Å². The van der Waals surface area contributed by atoms with Crippen molar-refractivity contribution in [2.45, 2.75) is 18.9 Å². The van der Waals surface area contributed by atoms with Gasteiger partial charge in [-0.25, -0.2) is 9.19 Å². The summed E-state index contributed by atoms with van der Waals surface area (Å²) in [6, 6.07) is 8.95. The Hall–Kier alpha value is -1.18. The van der Waals surface area contributed by atoms with Crippen LogP contribution < -0.4 is 0 Å². The average Bonchev–Trinajstić information content (AvgIpc) is 2.36. The molecule has 0 aliphatic heterocycles. The SMILES string of the molecule is CCS(=O)(=NS(=O)(=O)Cl)c1cc(C)c2ccccc2n1. The largest absolute Gasteiger partial charge is 0.347 e. The van der Waals surface area contributed by atoms with Gasteiger partial charge in [0.15, 0.2) is 0 Å². The van der Waals surface area contributed by atoms with Gasteiger partial charge in [-0.05, 0) is 24.6 Å². The molecule has 0 saturated heterocycles. The highest BCUT2D eigenvalue weighted by molar-refractivity contribution is 8.17. The van der Waals surface area contributed by atoms with E-state index in [2.05, 4.69) is 8.75 Å². The summed E-state index contributed by atoms with van der Waals surface area (Å²) in [4.78, 5) is 4.27. The van der Waals surface area contributed by atoms with Gasteiger partial charge in [-0.1, -0.05) is 28.9 Å². The van der Waals surface area contributed by atoms with Crippen LogP contribution in [0.2, 0.25) is 0 Å². The average molecular weight is 333 g/mol. The van der Waals surface area contributed by atoms with Crippen LogP contribution in [0.5, 0.6) is 0 Å². The van der Waals surface area contributed by atoms with Crippen LogP contribution >= 0.6 is 10.7 Å². The van der Waals surface area contributed by atoms with Gasteiger partial charge in [0.2, 0.25) is 0 Å². The van der Waals surface area contributed by atoms with Crippen molar-refractivity contribution in [3.8, 4) is 0 Å². The normalized spacial score (nSPS) is 14.9. The zero-order chi connectivity index (χ0) is 15.0. The van der Waals surface area contributed by atoms with E-state index in [-0.39, 0.29) is 10.8 Å². The topological polar surface area (TPSA) is 76.5 Å². The zero-order valence-electron chi connectivity index (χ0n) is 10.9. The third-order valence-electron chi connectivity index (χ3n) is 2.83. The molecule has 2 rings (SSSR count). The van der Waals surface area contributed by atoms with Gasteiger partial charge in [-0.15, -0.1) is 0 Å². The number of aryl methyl sites for hydroxylation is 1. The molecule has 0 spiro atoms. The molecule has 0 saturated carbocycles. The summed E-state index contributed by atoms with van der Waals surface area (Å²) >= 11 is 0. The molecule has 5 nitrogen and oxygen atoms in total. The lowest BCUT2D eigenvalue weighted by Gasteiger charge is -2.09. The molecule has 1 unspecified atom stereocenters. The van der Waals surface area contributed by atoms with E-state index in [1.807, 2.05) is 25.1 Å². The fourth-order valence-corrected chi connectivity index (χ4v) is 5.46. The van der Waals surface area contributed by atoms with Crippen molar-refractivity contribution in [1.29, 1.82) is 0 Å². The molecule has 2 aromatic rings. The first-order valence-corrected chi connectivity index (χ1v) is 9.77. The van der Waals surface area contributed by atoms with Crippen molar-refractivity contribution in [1.82, 2.24) is 4.98 Å². The van der Waals surface area contributed by atoms with E-state index in [9.17, 15) is 12.6 Å². The molecule has 0 aliphatic rings. The number of fused-ring (bicyclic) bond motifs is 1. The second kappa shape index (κ2) is 5.31. The number of aromatic nitrogens is 1. The molecular formula is C12H13ClN2O3S2. The fourth-order valence-electron chi connectivity index (χ4n) is 1.86. The summed E-state index contributed by atoms with van der Waals surface area (Å²) < 4.78 is 38.2. The molecule has 0 bridgehead atoms. The van der Waals surface area contributed by atoms with Gasteiger partial charge in [0.05, 0.1) is 5.52 Å². The van der Waals surface area contributed by atoms with Crippen LogP contribution in [0.3, 0.4) is 0 Å². The third-order valence-corrected chi connectivity index (χ3v) is 6.65. The Balaban J connectivity index is 2.81. The lowest BCUT2D eigenvalue weighted by molar-refractivity contribution is 0.611. The number of rotatable bonds is 3. The van der Waals surface area contributed by atoms with Gasteiger partial charge < -0.3 is 0 Å². The van der Waals surface area contributed by atoms with Gasteiger partial charge in [0, 0.05) is 21.8 Å². The Labute approximate surface area is 122 Å². The van der Waals surface area contributed by atoms with Crippen molar-refractivity contribution in [3.63, 3.8) is 0 Å². The second-order valence-electron chi connectivity index (χ2n) is 4.21. The molecule has 1 aromatic heterocycles. The van der Waals surface area contributed by atoms with Crippen LogP contribution in [0.1, 0.15) is 12.5 Å². The van der Waals surface area contributed by atoms with Crippen molar-refractivity contribution < 1.29 is 12.6 Å². The van der Waals surface area contributed by atoms with E-state index in [1.54, 1.807) is 19.1 Å². The molecule has 1 aromatic carbocycles. The number of hydrogen-bond donors (Lipinski definition) is 0. The molecular weight excluding hydrogens is 320 g/mol. The van der Waals surface area contributed by atoms with Crippen molar-refractivity contribution in [2.75, 3.05) is 5.75 Å². The van der Waals surface area contributed by atoms with Crippen molar-refractivity contribution >= 4 is 40.6 Å². The second-order valence-corrected chi connectivity index (χ2v) is 9.08. The maximum absolute atomic E-state index is 12.7. The third kappa shape index (κ3) is 3.11. The molecule has 0 fully saturated rings. The number of benzene rings is 1. The Morgan fingerprint density at radius 1 is 1.25 bits per heavy atom.